The van der Waals surface area contributed by atoms with Gasteiger partial charge in [-0.25, -0.2) is 4.79 Å². The van der Waals surface area contributed by atoms with E-state index >= 15 is 0 Å². The van der Waals surface area contributed by atoms with E-state index in [2.05, 4.69) is 9.71 Å². The minimum atomic E-state index is -4.23. The Morgan fingerprint density at radius 1 is 1.17 bits per heavy atom. The van der Waals surface area contributed by atoms with Crippen LogP contribution in [0.5, 0.6) is 17.2 Å². The van der Waals surface area contributed by atoms with Crippen LogP contribution < -0.4 is 18.9 Å². The number of ether oxygens (including phenoxy) is 5. The van der Waals surface area contributed by atoms with Crippen molar-refractivity contribution in [3.63, 3.8) is 0 Å². The van der Waals surface area contributed by atoms with Gasteiger partial charge in [0.05, 0.1) is 24.9 Å². The molecule has 0 saturated carbocycles. The molecule has 0 bridgehead atoms. The lowest BCUT2D eigenvalue weighted by molar-refractivity contribution is 0.0666. The van der Waals surface area contributed by atoms with E-state index in [1.54, 1.807) is 49.5 Å². The first kappa shape index (κ1) is 27.7. The number of methoxy groups -OCH3 is 1. The standard InChI is InChI=1S/C24H33N3O8S/c1-3-13-27(36(29,30)26-17-19-8-4-5-12-25-19)24(28)35-23-21(33-16-15-31-2)10-6-11-22(23)34-18-20-9-7-14-32-20/h4-6,8,10-12,20,26H,3,7,9,13-18H2,1-2H3. The molecule has 0 spiro atoms. The average molecular weight is 524 g/mol. The number of carbonyl (C=O) groups excluding carboxylic acids is 1. The molecule has 2 heterocycles. The van der Waals surface area contributed by atoms with Crippen molar-refractivity contribution in [2.75, 3.05) is 40.1 Å². The molecule has 1 amide bonds. The van der Waals surface area contributed by atoms with E-state index in [9.17, 15) is 13.2 Å². The summed E-state index contributed by atoms with van der Waals surface area (Å²) in [4.78, 5) is 17.3. The molecule has 2 aromatic rings. The van der Waals surface area contributed by atoms with Gasteiger partial charge in [0.2, 0.25) is 5.75 Å². The summed E-state index contributed by atoms with van der Waals surface area (Å²) in [5.41, 5.74) is 0.507. The molecule has 3 rings (SSSR count). The number of pyridine rings is 1. The van der Waals surface area contributed by atoms with Crippen LogP contribution >= 0.6 is 0 Å². The SMILES string of the molecule is CCCN(C(=O)Oc1c(OCCOC)cccc1OCC1CCCO1)S(=O)(=O)NCc1ccccn1. The van der Waals surface area contributed by atoms with Crippen LogP contribution in [0, 0.1) is 0 Å². The van der Waals surface area contributed by atoms with Gasteiger partial charge in [-0.3, -0.25) is 4.98 Å². The van der Waals surface area contributed by atoms with E-state index in [4.69, 9.17) is 23.7 Å². The third-order valence-corrected chi connectivity index (χ3v) is 6.63. The summed E-state index contributed by atoms with van der Waals surface area (Å²) in [6.45, 7) is 3.02. The predicted octanol–water partition coefficient (Wildman–Crippen LogP) is 2.91. The number of para-hydroxylation sites is 1. The molecule has 11 nitrogen and oxygen atoms in total. The molecule has 1 unspecified atom stereocenters. The van der Waals surface area contributed by atoms with Crippen LogP contribution in [-0.4, -0.2) is 70.0 Å². The molecule has 1 N–H and O–H groups in total. The molecular formula is C24H33N3O8S. The van der Waals surface area contributed by atoms with Crippen molar-refractivity contribution < 1.29 is 36.9 Å². The second-order valence-corrected chi connectivity index (χ2v) is 9.64. The number of amides is 1. The van der Waals surface area contributed by atoms with Crippen molar-refractivity contribution >= 4 is 16.3 Å². The van der Waals surface area contributed by atoms with Crippen LogP contribution in [0.15, 0.2) is 42.6 Å². The van der Waals surface area contributed by atoms with E-state index in [-0.39, 0.29) is 49.7 Å². The molecule has 198 valence electrons. The van der Waals surface area contributed by atoms with Gasteiger partial charge < -0.3 is 23.7 Å². The maximum atomic E-state index is 13.2. The molecule has 36 heavy (non-hydrogen) atoms. The third-order valence-electron chi connectivity index (χ3n) is 5.21. The van der Waals surface area contributed by atoms with Crippen LogP contribution in [0.3, 0.4) is 0 Å². The number of carbonyl (C=O) groups is 1. The second kappa shape index (κ2) is 14.0. The first-order chi connectivity index (χ1) is 17.4. The molecule has 1 aliphatic heterocycles. The van der Waals surface area contributed by atoms with Crippen molar-refractivity contribution in [3.05, 3.63) is 48.3 Å². The minimum Gasteiger partial charge on any atom is -0.487 e. The van der Waals surface area contributed by atoms with E-state index in [1.807, 2.05) is 0 Å². The van der Waals surface area contributed by atoms with Crippen molar-refractivity contribution in [3.8, 4) is 17.2 Å². The van der Waals surface area contributed by atoms with Gasteiger partial charge in [-0.1, -0.05) is 19.1 Å². The summed E-state index contributed by atoms with van der Waals surface area (Å²) in [7, 11) is -2.69. The quantitative estimate of drug-likeness (QED) is 0.372. The molecule has 1 saturated heterocycles. The summed E-state index contributed by atoms with van der Waals surface area (Å²) in [5, 5.41) is 0. The lowest BCUT2D eigenvalue weighted by Gasteiger charge is -2.23. The highest BCUT2D eigenvalue weighted by Crippen LogP contribution is 2.38. The fourth-order valence-corrected chi connectivity index (χ4v) is 4.56. The van der Waals surface area contributed by atoms with Gasteiger partial charge in [-0.15, -0.1) is 0 Å². The van der Waals surface area contributed by atoms with Gasteiger partial charge in [-0.05, 0) is 43.5 Å². The molecule has 1 fully saturated rings. The van der Waals surface area contributed by atoms with Gasteiger partial charge in [0.25, 0.3) is 0 Å². The number of aromatic nitrogens is 1. The van der Waals surface area contributed by atoms with Gasteiger partial charge in [0.15, 0.2) is 11.5 Å². The van der Waals surface area contributed by atoms with E-state index in [0.29, 0.717) is 29.6 Å². The number of nitrogens with one attached hydrogen (secondary N) is 1. The molecule has 1 aromatic heterocycles. The maximum Gasteiger partial charge on any atom is 0.430 e. The summed E-state index contributed by atoms with van der Waals surface area (Å²) < 4.78 is 56.9. The highest BCUT2D eigenvalue weighted by atomic mass is 32.2. The summed E-state index contributed by atoms with van der Waals surface area (Å²) >= 11 is 0. The smallest absolute Gasteiger partial charge is 0.430 e. The minimum absolute atomic E-state index is 0.0161. The topological polar surface area (TPSA) is 126 Å². The largest absolute Gasteiger partial charge is 0.487 e. The summed E-state index contributed by atoms with van der Waals surface area (Å²) in [6, 6.07) is 10.1. The normalized spacial score (nSPS) is 15.4. The number of benzene rings is 1. The second-order valence-electron chi connectivity index (χ2n) is 7.96. The molecule has 1 aliphatic rings. The first-order valence-corrected chi connectivity index (χ1v) is 13.3. The Hall–Kier alpha value is -2.93. The number of hydrogen-bond acceptors (Lipinski definition) is 9. The van der Waals surface area contributed by atoms with Crippen LogP contribution in [0.1, 0.15) is 31.9 Å². The Labute approximate surface area is 211 Å². The highest BCUT2D eigenvalue weighted by Gasteiger charge is 2.30. The highest BCUT2D eigenvalue weighted by molar-refractivity contribution is 7.87. The molecule has 0 aliphatic carbocycles. The van der Waals surface area contributed by atoms with E-state index in [1.165, 1.54) is 7.11 Å². The summed E-state index contributed by atoms with van der Waals surface area (Å²) in [6.07, 6.45) is 2.60. The Balaban J connectivity index is 1.79. The maximum absolute atomic E-state index is 13.2. The predicted molar refractivity (Wildman–Crippen MR) is 131 cm³/mol. The van der Waals surface area contributed by atoms with Crippen LogP contribution in [0.25, 0.3) is 0 Å². The average Bonchev–Trinajstić information content (AvgIpc) is 3.40. The molecular weight excluding hydrogens is 490 g/mol. The van der Waals surface area contributed by atoms with Crippen molar-refractivity contribution in [1.82, 2.24) is 14.0 Å². The fraction of sp³-hybridized carbons (Fsp3) is 0.500. The van der Waals surface area contributed by atoms with Crippen molar-refractivity contribution in [1.29, 1.82) is 0 Å². The first-order valence-electron chi connectivity index (χ1n) is 11.8. The summed E-state index contributed by atoms with van der Waals surface area (Å²) in [5.74, 6) is 0.446. The Morgan fingerprint density at radius 3 is 2.64 bits per heavy atom. The Kier molecular flexibility index (Phi) is 10.7. The van der Waals surface area contributed by atoms with E-state index < -0.39 is 16.3 Å². The molecule has 0 radical (unpaired) electrons. The third kappa shape index (κ3) is 8.05. The number of rotatable bonds is 14. The zero-order chi connectivity index (χ0) is 25.8. The fourth-order valence-electron chi connectivity index (χ4n) is 3.41. The monoisotopic (exact) mass is 523 g/mol. The van der Waals surface area contributed by atoms with Crippen LogP contribution in [0.4, 0.5) is 4.79 Å². The Bertz CT molecular complexity index is 1060. The van der Waals surface area contributed by atoms with Crippen LogP contribution in [0.2, 0.25) is 0 Å². The molecule has 1 aromatic carbocycles. The van der Waals surface area contributed by atoms with Crippen molar-refractivity contribution in [2.24, 2.45) is 0 Å². The van der Waals surface area contributed by atoms with Gasteiger partial charge in [0, 0.05) is 26.5 Å². The van der Waals surface area contributed by atoms with Gasteiger partial charge >= 0.3 is 16.3 Å². The van der Waals surface area contributed by atoms with Gasteiger partial charge in [-0.2, -0.15) is 17.4 Å². The molecule has 1 atom stereocenters. The zero-order valence-corrected chi connectivity index (χ0v) is 21.4. The molecule has 12 heteroatoms. The van der Waals surface area contributed by atoms with E-state index in [0.717, 1.165) is 12.8 Å². The zero-order valence-electron chi connectivity index (χ0n) is 20.6. The van der Waals surface area contributed by atoms with Crippen molar-refractivity contribution in [2.45, 2.75) is 38.8 Å². The lowest BCUT2D eigenvalue weighted by Crippen LogP contribution is -2.46. The van der Waals surface area contributed by atoms with Crippen LogP contribution in [-0.2, 0) is 26.2 Å². The van der Waals surface area contributed by atoms with Gasteiger partial charge in [0.1, 0.15) is 13.2 Å². The Morgan fingerprint density at radius 2 is 1.97 bits per heavy atom. The number of hydrogen-bond donors (Lipinski definition) is 1. The number of nitrogens with zero attached hydrogens (tertiary/aromatic N) is 2. The lowest BCUT2D eigenvalue weighted by atomic mass is 10.2.